The first-order valence-electron chi connectivity index (χ1n) is 12.7. The van der Waals surface area contributed by atoms with Crippen LogP contribution in [0.2, 0.25) is 0 Å². The van der Waals surface area contributed by atoms with Crippen LogP contribution in [-0.4, -0.2) is 74.0 Å². The topological polar surface area (TPSA) is 88.2 Å². The average molecular weight is 506 g/mol. The fourth-order valence-electron chi connectivity index (χ4n) is 4.87. The van der Waals surface area contributed by atoms with Crippen LogP contribution in [0.25, 0.3) is 0 Å². The molecule has 1 saturated heterocycles. The number of nitrogens with one attached hydrogen (secondary N) is 1. The van der Waals surface area contributed by atoms with Crippen molar-refractivity contribution in [3.8, 4) is 11.5 Å². The molecule has 0 aromatic heterocycles. The van der Waals surface area contributed by atoms with Gasteiger partial charge in [0.2, 0.25) is 11.8 Å². The van der Waals surface area contributed by atoms with Crippen LogP contribution in [0.4, 0.5) is 0 Å². The standard InChI is InChI=1S/C29H35N3O5/c1-21-9-8-10-22(2)26(21)37-18-13-25(33)32-19-29(20-32)14-6-7-17-36-24-12-5-4-11-23(24)27(34)30-15-16-31(3)28(29)35/h4-12H,13-20H2,1-3H3,(H,30,34)/b7-6+. The molecule has 0 atom stereocenters. The third kappa shape index (κ3) is 5.96. The van der Waals surface area contributed by atoms with E-state index in [2.05, 4.69) is 5.32 Å². The SMILES string of the molecule is Cc1cccc(C)c1OCCC(=O)N1CC2(C/C=C/COc3ccccc3C(=O)NCCN(C)C2=O)C1. The van der Waals surface area contributed by atoms with Gasteiger partial charge in [-0.15, -0.1) is 0 Å². The summed E-state index contributed by atoms with van der Waals surface area (Å²) in [6.07, 6.45) is 4.56. The molecule has 1 N–H and O–H groups in total. The highest BCUT2D eigenvalue weighted by molar-refractivity contribution is 5.97. The zero-order valence-corrected chi connectivity index (χ0v) is 21.8. The van der Waals surface area contributed by atoms with Gasteiger partial charge in [0, 0.05) is 33.2 Å². The van der Waals surface area contributed by atoms with Gasteiger partial charge in [-0.2, -0.15) is 0 Å². The Morgan fingerprint density at radius 3 is 2.54 bits per heavy atom. The second-order valence-corrected chi connectivity index (χ2v) is 9.81. The number of hydrogen-bond acceptors (Lipinski definition) is 5. The summed E-state index contributed by atoms with van der Waals surface area (Å²) in [6, 6.07) is 13.1. The van der Waals surface area contributed by atoms with Crippen LogP contribution in [0.5, 0.6) is 11.5 Å². The average Bonchev–Trinajstić information content (AvgIpc) is 2.86. The fraction of sp³-hybridized carbons (Fsp3) is 0.414. The lowest BCUT2D eigenvalue weighted by atomic mass is 9.75. The number of likely N-dealkylation sites (tertiary alicyclic amines) is 1. The largest absolute Gasteiger partial charge is 0.493 e. The smallest absolute Gasteiger partial charge is 0.255 e. The predicted molar refractivity (Wildman–Crippen MR) is 141 cm³/mol. The second-order valence-electron chi connectivity index (χ2n) is 9.81. The number of ether oxygens (including phenoxy) is 2. The van der Waals surface area contributed by atoms with Gasteiger partial charge >= 0.3 is 0 Å². The van der Waals surface area contributed by atoms with Crippen molar-refractivity contribution in [2.45, 2.75) is 26.7 Å². The number of amides is 3. The molecule has 0 unspecified atom stereocenters. The van der Waals surface area contributed by atoms with Gasteiger partial charge in [0.05, 0.1) is 24.0 Å². The monoisotopic (exact) mass is 505 g/mol. The van der Waals surface area contributed by atoms with E-state index in [0.717, 1.165) is 16.9 Å². The predicted octanol–water partition coefficient (Wildman–Crippen LogP) is 3.13. The van der Waals surface area contributed by atoms with E-state index in [1.54, 1.807) is 35.0 Å². The van der Waals surface area contributed by atoms with Gasteiger partial charge in [0.1, 0.15) is 18.1 Å². The number of allylic oxidation sites excluding steroid dienone is 1. The van der Waals surface area contributed by atoms with Crippen molar-refractivity contribution in [2.24, 2.45) is 5.41 Å². The first-order chi connectivity index (χ1) is 17.8. The lowest BCUT2D eigenvalue weighted by Gasteiger charge is -2.50. The van der Waals surface area contributed by atoms with Gasteiger partial charge < -0.3 is 24.6 Å². The summed E-state index contributed by atoms with van der Waals surface area (Å²) >= 11 is 0. The Bertz CT molecular complexity index is 1170. The van der Waals surface area contributed by atoms with Crippen molar-refractivity contribution in [3.63, 3.8) is 0 Å². The van der Waals surface area contributed by atoms with Crippen molar-refractivity contribution >= 4 is 17.7 Å². The molecule has 0 bridgehead atoms. The van der Waals surface area contributed by atoms with Crippen LogP contribution >= 0.6 is 0 Å². The maximum absolute atomic E-state index is 13.4. The molecule has 8 nitrogen and oxygen atoms in total. The number of likely N-dealkylation sites (N-methyl/N-ethyl adjacent to an activating group) is 1. The number of carbonyl (C=O) groups excluding carboxylic acids is 3. The molecule has 2 aromatic carbocycles. The molecule has 0 aliphatic carbocycles. The Morgan fingerprint density at radius 1 is 1.05 bits per heavy atom. The van der Waals surface area contributed by atoms with Crippen molar-refractivity contribution < 1.29 is 23.9 Å². The van der Waals surface area contributed by atoms with Gasteiger partial charge in [0.15, 0.2) is 0 Å². The number of rotatable bonds is 4. The molecule has 8 heteroatoms. The number of hydrogen-bond donors (Lipinski definition) is 1. The second kappa shape index (κ2) is 11.5. The lowest BCUT2D eigenvalue weighted by molar-refractivity contribution is -0.159. The van der Waals surface area contributed by atoms with E-state index in [4.69, 9.17) is 9.47 Å². The Kier molecular flexibility index (Phi) is 8.16. The molecular formula is C29H35N3O5. The highest BCUT2D eigenvalue weighted by Crippen LogP contribution is 2.37. The summed E-state index contributed by atoms with van der Waals surface area (Å²) < 4.78 is 11.7. The Morgan fingerprint density at radius 2 is 1.78 bits per heavy atom. The number of nitrogens with zero attached hydrogens (tertiary/aromatic N) is 2. The Labute approximate surface area is 218 Å². The number of fused-ring (bicyclic) bond motifs is 1. The summed E-state index contributed by atoms with van der Waals surface area (Å²) in [6.45, 7) is 5.96. The molecule has 37 heavy (non-hydrogen) atoms. The molecule has 2 aliphatic heterocycles. The van der Waals surface area contributed by atoms with Crippen LogP contribution < -0.4 is 14.8 Å². The quantitative estimate of drug-likeness (QED) is 0.645. The van der Waals surface area contributed by atoms with Crippen molar-refractivity contribution in [2.75, 3.05) is 46.4 Å². The molecule has 3 amide bonds. The number of aryl methyl sites for hydroxylation is 2. The molecule has 0 saturated carbocycles. The molecular weight excluding hydrogens is 470 g/mol. The number of benzene rings is 2. The first-order valence-corrected chi connectivity index (χ1v) is 12.7. The van der Waals surface area contributed by atoms with E-state index in [-0.39, 0.29) is 30.7 Å². The van der Waals surface area contributed by atoms with Crippen LogP contribution in [0, 0.1) is 19.3 Å². The van der Waals surface area contributed by atoms with E-state index in [1.807, 2.05) is 50.3 Å². The number of para-hydroxylation sites is 2. The van der Waals surface area contributed by atoms with Crippen LogP contribution in [0.1, 0.15) is 34.3 Å². The molecule has 2 aliphatic rings. The summed E-state index contributed by atoms with van der Waals surface area (Å²) in [5.74, 6) is 1.05. The van der Waals surface area contributed by atoms with Gasteiger partial charge in [-0.25, -0.2) is 0 Å². The van der Waals surface area contributed by atoms with E-state index in [0.29, 0.717) is 50.5 Å². The molecule has 1 fully saturated rings. The molecule has 4 rings (SSSR count). The third-order valence-electron chi connectivity index (χ3n) is 6.99. The summed E-state index contributed by atoms with van der Waals surface area (Å²) in [7, 11) is 1.74. The summed E-state index contributed by atoms with van der Waals surface area (Å²) in [4.78, 5) is 42.3. The molecule has 196 valence electrons. The minimum atomic E-state index is -0.680. The first kappa shape index (κ1) is 26.3. The van der Waals surface area contributed by atoms with E-state index >= 15 is 0 Å². The minimum Gasteiger partial charge on any atom is -0.493 e. The van der Waals surface area contributed by atoms with Crippen LogP contribution in [-0.2, 0) is 9.59 Å². The van der Waals surface area contributed by atoms with Gasteiger partial charge in [-0.3, -0.25) is 14.4 Å². The van der Waals surface area contributed by atoms with Crippen molar-refractivity contribution in [1.82, 2.24) is 15.1 Å². The Balaban J connectivity index is 1.38. The maximum Gasteiger partial charge on any atom is 0.255 e. The van der Waals surface area contributed by atoms with Gasteiger partial charge in [-0.05, 0) is 43.5 Å². The van der Waals surface area contributed by atoms with Crippen LogP contribution in [0.15, 0.2) is 54.6 Å². The highest BCUT2D eigenvalue weighted by atomic mass is 16.5. The zero-order chi connectivity index (χ0) is 26.4. The molecule has 1 spiro atoms. The van der Waals surface area contributed by atoms with Gasteiger partial charge in [0.25, 0.3) is 5.91 Å². The van der Waals surface area contributed by atoms with E-state index in [1.165, 1.54) is 0 Å². The third-order valence-corrected chi connectivity index (χ3v) is 6.99. The fourth-order valence-corrected chi connectivity index (χ4v) is 4.87. The Hall–Kier alpha value is -3.81. The lowest BCUT2D eigenvalue weighted by Crippen LogP contribution is -2.65. The zero-order valence-electron chi connectivity index (χ0n) is 21.8. The summed E-state index contributed by atoms with van der Waals surface area (Å²) in [5, 5.41) is 2.87. The normalized spacial score (nSPS) is 18.7. The van der Waals surface area contributed by atoms with Crippen molar-refractivity contribution in [1.29, 1.82) is 0 Å². The molecule has 2 heterocycles. The van der Waals surface area contributed by atoms with Crippen molar-refractivity contribution in [3.05, 3.63) is 71.3 Å². The molecule has 0 radical (unpaired) electrons. The minimum absolute atomic E-state index is 0.0251. The molecule has 2 aromatic rings. The highest BCUT2D eigenvalue weighted by Gasteiger charge is 2.51. The number of carbonyl (C=O) groups is 3. The van der Waals surface area contributed by atoms with Crippen LogP contribution in [0.3, 0.4) is 0 Å². The van der Waals surface area contributed by atoms with E-state index in [9.17, 15) is 14.4 Å². The van der Waals surface area contributed by atoms with E-state index < -0.39 is 5.41 Å². The van der Waals surface area contributed by atoms with Gasteiger partial charge in [-0.1, -0.05) is 42.5 Å². The summed E-state index contributed by atoms with van der Waals surface area (Å²) in [5.41, 5.74) is 1.87. The maximum atomic E-state index is 13.4.